The van der Waals surface area contributed by atoms with Crippen molar-refractivity contribution in [2.75, 3.05) is 20.2 Å². The molecule has 20 heavy (non-hydrogen) atoms. The number of benzene rings is 1. The maximum Gasteiger partial charge on any atom is 0.328 e. The lowest BCUT2D eigenvalue weighted by Gasteiger charge is -2.15. The lowest BCUT2D eigenvalue weighted by molar-refractivity contribution is -0.132. The first kappa shape index (κ1) is 16.0. The molecular formula is C14H16ClNO4. The summed E-state index contributed by atoms with van der Waals surface area (Å²) in [6.07, 6.45) is 2.36. The van der Waals surface area contributed by atoms with Crippen LogP contribution >= 0.6 is 11.6 Å². The van der Waals surface area contributed by atoms with Crippen LogP contribution in [0.3, 0.4) is 0 Å². The summed E-state index contributed by atoms with van der Waals surface area (Å²) in [7, 11) is 1.68. The molecule has 108 valence electrons. The van der Waals surface area contributed by atoms with E-state index in [1.807, 2.05) is 6.92 Å². The standard InChI is InChI=1S/C14H16ClNO4/c1-3-16(2)13(17)9-20-12-6-5-11(15)8-10(12)4-7-14(18)19/h4-8H,3,9H2,1-2H3,(H,18,19)/b7-4+. The van der Waals surface area contributed by atoms with Crippen LogP contribution in [0.15, 0.2) is 24.3 Å². The molecule has 1 aromatic rings. The number of hydrogen-bond acceptors (Lipinski definition) is 3. The predicted octanol–water partition coefficient (Wildman–Crippen LogP) is 2.29. The van der Waals surface area contributed by atoms with Crippen LogP contribution in [0.25, 0.3) is 6.08 Å². The molecule has 1 aromatic carbocycles. The van der Waals surface area contributed by atoms with Crippen molar-refractivity contribution in [3.8, 4) is 5.75 Å². The van der Waals surface area contributed by atoms with Gasteiger partial charge in [-0.3, -0.25) is 4.79 Å². The molecule has 0 aliphatic heterocycles. The quantitative estimate of drug-likeness (QED) is 0.818. The zero-order valence-electron chi connectivity index (χ0n) is 11.3. The Labute approximate surface area is 122 Å². The third-order valence-corrected chi connectivity index (χ3v) is 2.86. The molecule has 0 radical (unpaired) electrons. The van der Waals surface area contributed by atoms with Crippen LogP contribution in [0, 0.1) is 0 Å². The third-order valence-electron chi connectivity index (χ3n) is 2.63. The van der Waals surface area contributed by atoms with Crippen LogP contribution < -0.4 is 4.74 Å². The first-order chi connectivity index (χ1) is 9.43. The van der Waals surface area contributed by atoms with E-state index in [0.717, 1.165) is 6.08 Å². The molecule has 0 atom stereocenters. The van der Waals surface area contributed by atoms with Gasteiger partial charge in [-0.1, -0.05) is 11.6 Å². The van der Waals surface area contributed by atoms with Gasteiger partial charge in [0.15, 0.2) is 6.61 Å². The topological polar surface area (TPSA) is 66.8 Å². The molecule has 1 N–H and O–H groups in total. The number of nitrogens with zero attached hydrogens (tertiary/aromatic N) is 1. The third kappa shape index (κ3) is 4.93. The number of amides is 1. The molecule has 0 saturated carbocycles. The van der Waals surface area contributed by atoms with Crippen molar-refractivity contribution in [3.05, 3.63) is 34.9 Å². The van der Waals surface area contributed by atoms with Gasteiger partial charge >= 0.3 is 5.97 Å². The fourth-order valence-electron chi connectivity index (χ4n) is 1.37. The number of carbonyl (C=O) groups is 2. The summed E-state index contributed by atoms with van der Waals surface area (Å²) >= 11 is 5.86. The van der Waals surface area contributed by atoms with Crippen LogP contribution in [0.5, 0.6) is 5.75 Å². The van der Waals surface area contributed by atoms with Crippen LogP contribution in [0.4, 0.5) is 0 Å². The fraction of sp³-hybridized carbons (Fsp3) is 0.286. The van der Waals surface area contributed by atoms with Gasteiger partial charge in [0.05, 0.1) is 0 Å². The van der Waals surface area contributed by atoms with E-state index in [9.17, 15) is 9.59 Å². The van der Waals surface area contributed by atoms with E-state index < -0.39 is 5.97 Å². The van der Waals surface area contributed by atoms with Crippen LogP contribution in [-0.4, -0.2) is 42.1 Å². The smallest absolute Gasteiger partial charge is 0.328 e. The molecule has 0 fully saturated rings. The Kier molecular flexibility index (Phi) is 6.06. The van der Waals surface area contributed by atoms with Crippen molar-refractivity contribution in [1.82, 2.24) is 4.90 Å². The van der Waals surface area contributed by atoms with E-state index in [2.05, 4.69) is 0 Å². The zero-order valence-corrected chi connectivity index (χ0v) is 12.1. The summed E-state index contributed by atoms with van der Waals surface area (Å²) in [6, 6.07) is 4.79. The number of likely N-dealkylation sites (N-methyl/N-ethyl adjacent to an activating group) is 1. The molecule has 0 aromatic heterocycles. The van der Waals surface area contributed by atoms with E-state index in [-0.39, 0.29) is 12.5 Å². The molecular weight excluding hydrogens is 282 g/mol. The van der Waals surface area contributed by atoms with Crippen molar-refractivity contribution in [2.45, 2.75) is 6.92 Å². The van der Waals surface area contributed by atoms with Gasteiger partial charge in [-0.2, -0.15) is 0 Å². The highest BCUT2D eigenvalue weighted by Gasteiger charge is 2.09. The van der Waals surface area contributed by atoms with Crippen molar-refractivity contribution >= 4 is 29.6 Å². The highest BCUT2D eigenvalue weighted by Crippen LogP contribution is 2.24. The molecule has 0 aliphatic carbocycles. The second kappa shape index (κ2) is 7.55. The lowest BCUT2D eigenvalue weighted by atomic mass is 10.2. The first-order valence-corrected chi connectivity index (χ1v) is 6.39. The van der Waals surface area contributed by atoms with Gasteiger partial charge in [-0.05, 0) is 31.2 Å². The van der Waals surface area contributed by atoms with E-state index >= 15 is 0 Å². The van der Waals surface area contributed by atoms with Gasteiger partial charge in [0.2, 0.25) is 0 Å². The number of carboxylic acids is 1. The largest absolute Gasteiger partial charge is 0.483 e. The maximum absolute atomic E-state index is 11.7. The minimum Gasteiger partial charge on any atom is -0.483 e. The summed E-state index contributed by atoms with van der Waals surface area (Å²) in [6.45, 7) is 2.34. The summed E-state index contributed by atoms with van der Waals surface area (Å²) in [4.78, 5) is 23.7. The molecule has 5 nitrogen and oxygen atoms in total. The number of carbonyl (C=O) groups excluding carboxylic acids is 1. The second-order valence-electron chi connectivity index (χ2n) is 4.05. The Morgan fingerprint density at radius 2 is 2.15 bits per heavy atom. The molecule has 0 spiro atoms. The number of carboxylic acid groups (broad SMARTS) is 1. The summed E-state index contributed by atoms with van der Waals surface area (Å²) in [5.74, 6) is -0.821. The fourth-order valence-corrected chi connectivity index (χ4v) is 1.55. The van der Waals surface area contributed by atoms with Gasteiger partial charge < -0.3 is 14.7 Å². The average molecular weight is 298 g/mol. The monoisotopic (exact) mass is 297 g/mol. The Morgan fingerprint density at radius 3 is 2.75 bits per heavy atom. The maximum atomic E-state index is 11.7. The van der Waals surface area contributed by atoms with E-state index in [1.165, 1.54) is 11.0 Å². The molecule has 1 rings (SSSR count). The molecule has 0 unspecified atom stereocenters. The predicted molar refractivity (Wildman–Crippen MR) is 76.9 cm³/mol. The molecule has 0 heterocycles. The van der Waals surface area contributed by atoms with Crippen LogP contribution in [-0.2, 0) is 9.59 Å². The van der Waals surface area contributed by atoms with Gasteiger partial charge in [0.25, 0.3) is 5.91 Å². The van der Waals surface area contributed by atoms with Gasteiger partial charge in [0, 0.05) is 30.3 Å². The Balaban J connectivity index is 2.84. The van der Waals surface area contributed by atoms with Crippen LogP contribution in [0.1, 0.15) is 12.5 Å². The molecule has 0 saturated heterocycles. The summed E-state index contributed by atoms with van der Waals surface area (Å²) in [5.41, 5.74) is 0.506. The second-order valence-corrected chi connectivity index (χ2v) is 4.49. The Morgan fingerprint density at radius 1 is 1.45 bits per heavy atom. The van der Waals surface area contributed by atoms with Gasteiger partial charge in [0.1, 0.15) is 5.75 Å². The van der Waals surface area contributed by atoms with Crippen molar-refractivity contribution < 1.29 is 19.4 Å². The van der Waals surface area contributed by atoms with Crippen molar-refractivity contribution in [3.63, 3.8) is 0 Å². The van der Waals surface area contributed by atoms with E-state index in [4.69, 9.17) is 21.4 Å². The first-order valence-electron chi connectivity index (χ1n) is 6.01. The lowest BCUT2D eigenvalue weighted by Crippen LogP contribution is -2.31. The number of aliphatic carboxylic acids is 1. The minimum atomic E-state index is -1.07. The zero-order chi connectivity index (χ0) is 15.1. The summed E-state index contributed by atoms with van der Waals surface area (Å²) < 4.78 is 5.42. The summed E-state index contributed by atoms with van der Waals surface area (Å²) in [5, 5.41) is 9.09. The highest BCUT2D eigenvalue weighted by molar-refractivity contribution is 6.30. The molecule has 0 bridgehead atoms. The van der Waals surface area contributed by atoms with Crippen LogP contribution in [0.2, 0.25) is 5.02 Å². The van der Waals surface area contributed by atoms with E-state index in [0.29, 0.717) is 22.9 Å². The normalized spacial score (nSPS) is 10.6. The highest BCUT2D eigenvalue weighted by atomic mass is 35.5. The average Bonchev–Trinajstić information content (AvgIpc) is 2.42. The number of hydrogen-bond donors (Lipinski definition) is 1. The van der Waals surface area contributed by atoms with Gasteiger partial charge in [-0.25, -0.2) is 4.79 Å². The number of ether oxygens (including phenoxy) is 1. The molecule has 6 heteroatoms. The number of rotatable bonds is 6. The molecule has 0 aliphatic rings. The molecule has 1 amide bonds. The van der Waals surface area contributed by atoms with E-state index in [1.54, 1.807) is 25.2 Å². The Hall–Kier alpha value is -2.01. The Bertz CT molecular complexity index is 528. The van der Waals surface area contributed by atoms with Crippen molar-refractivity contribution in [1.29, 1.82) is 0 Å². The minimum absolute atomic E-state index is 0.111. The van der Waals surface area contributed by atoms with Gasteiger partial charge in [-0.15, -0.1) is 0 Å². The SMILES string of the molecule is CCN(C)C(=O)COc1ccc(Cl)cc1/C=C/C(=O)O. The number of halogens is 1. The van der Waals surface area contributed by atoms with Crippen molar-refractivity contribution in [2.24, 2.45) is 0 Å².